The first-order valence-corrected chi connectivity index (χ1v) is 9.68. The van der Waals surface area contributed by atoms with E-state index in [4.69, 9.17) is 5.73 Å². The van der Waals surface area contributed by atoms with Crippen molar-refractivity contribution in [3.8, 4) is 11.3 Å². The summed E-state index contributed by atoms with van der Waals surface area (Å²) in [6, 6.07) is 7.45. The second kappa shape index (κ2) is 6.87. The maximum atomic E-state index is 12.8. The number of rotatable bonds is 4. The molecule has 28 heavy (non-hydrogen) atoms. The summed E-state index contributed by atoms with van der Waals surface area (Å²) in [5, 5.41) is 4.29. The zero-order chi connectivity index (χ0) is 19.1. The Morgan fingerprint density at radius 1 is 1.11 bits per heavy atom. The van der Waals surface area contributed by atoms with Gasteiger partial charge >= 0.3 is 0 Å². The Hall–Kier alpha value is -3.00. The summed E-state index contributed by atoms with van der Waals surface area (Å²) < 4.78 is 3.93. The number of nitrogens with two attached hydrogens (primary N) is 1. The Bertz CT molecular complexity index is 1040. The van der Waals surface area contributed by atoms with E-state index < -0.39 is 0 Å². The number of aromatic nitrogens is 5. The van der Waals surface area contributed by atoms with Crippen molar-refractivity contribution in [1.29, 1.82) is 0 Å². The van der Waals surface area contributed by atoms with Crippen LogP contribution >= 0.6 is 0 Å². The van der Waals surface area contributed by atoms with Gasteiger partial charge in [0.25, 0.3) is 5.56 Å². The number of fused-ring (bicyclic) bond motifs is 4. The average molecular weight is 377 g/mol. The number of pyridine rings is 1. The molecule has 8 heteroatoms. The van der Waals surface area contributed by atoms with Gasteiger partial charge < -0.3 is 15.2 Å². The van der Waals surface area contributed by atoms with Crippen LogP contribution in [0, 0.1) is 5.92 Å². The monoisotopic (exact) mass is 377 g/mol. The number of hydrogen-bond donors (Lipinski definition) is 1. The third-order valence-electron chi connectivity index (χ3n) is 5.82. The molecule has 2 bridgehead atoms. The van der Waals surface area contributed by atoms with E-state index in [1.807, 2.05) is 27.7 Å². The van der Waals surface area contributed by atoms with Crippen LogP contribution in [0.2, 0.25) is 0 Å². The van der Waals surface area contributed by atoms with E-state index in [0.29, 0.717) is 23.3 Å². The van der Waals surface area contributed by atoms with Gasteiger partial charge in [-0.3, -0.25) is 9.48 Å². The number of piperidine rings is 1. The highest BCUT2D eigenvalue weighted by Gasteiger charge is 2.34. The summed E-state index contributed by atoms with van der Waals surface area (Å²) in [4.78, 5) is 23.5. The van der Waals surface area contributed by atoms with Crippen molar-refractivity contribution in [2.45, 2.75) is 25.4 Å². The fourth-order valence-electron chi connectivity index (χ4n) is 4.60. The van der Waals surface area contributed by atoms with Crippen molar-refractivity contribution in [2.24, 2.45) is 5.92 Å². The van der Waals surface area contributed by atoms with Crippen molar-refractivity contribution < 1.29 is 0 Å². The fraction of sp³-hybridized carbons (Fsp3) is 0.400. The molecule has 144 valence electrons. The first kappa shape index (κ1) is 17.1. The zero-order valence-corrected chi connectivity index (χ0v) is 15.6. The highest BCUT2D eigenvalue weighted by Crippen LogP contribution is 2.36. The van der Waals surface area contributed by atoms with Gasteiger partial charge in [-0.05, 0) is 24.5 Å². The molecule has 0 aliphatic carbocycles. The molecular weight excluding hydrogens is 354 g/mol. The van der Waals surface area contributed by atoms with Gasteiger partial charge in [-0.2, -0.15) is 5.10 Å². The Kier molecular flexibility index (Phi) is 4.20. The van der Waals surface area contributed by atoms with Crippen LogP contribution in [0.5, 0.6) is 0 Å². The number of nitrogens with zero attached hydrogens (tertiary/aromatic N) is 6. The van der Waals surface area contributed by atoms with Crippen molar-refractivity contribution in [2.75, 3.05) is 25.4 Å². The van der Waals surface area contributed by atoms with Crippen LogP contribution in [0.25, 0.3) is 11.3 Å². The van der Waals surface area contributed by atoms with Crippen molar-refractivity contribution in [3.63, 3.8) is 0 Å². The lowest BCUT2D eigenvalue weighted by atomic mass is 9.82. The summed E-state index contributed by atoms with van der Waals surface area (Å²) in [7, 11) is 0. The predicted octanol–water partition coefficient (Wildman–Crippen LogP) is 1.20. The van der Waals surface area contributed by atoms with Crippen LogP contribution in [0.1, 0.15) is 18.0 Å². The lowest BCUT2D eigenvalue weighted by molar-refractivity contribution is 0.116. The van der Waals surface area contributed by atoms with Gasteiger partial charge in [-0.1, -0.05) is 0 Å². The number of nitrogen functional groups attached to an aromatic ring is 1. The molecule has 3 aromatic heterocycles. The van der Waals surface area contributed by atoms with Crippen LogP contribution in [-0.2, 0) is 13.1 Å². The van der Waals surface area contributed by atoms with Gasteiger partial charge in [-0.15, -0.1) is 0 Å². The average Bonchev–Trinajstić information content (AvgIpc) is 3.21. The quantitative estimate of drug-likeness (QED) is 0.734. The molecule has 5 heterocycles. The smallest absolute Gasteiger partial charge is 0.251 e. The number of likely N-dealkylation sites (tertiary alicyclic amines) is 1. The van der Waals surface area contributed by atoms with Crippen molar-refractivity contribution in [3.05, 3.63) is 59.0 Å². The third kappa shape index (κ3) is 3.20. The summed E-state index contributed by atoms with van der Waals surface area (Å²) in [6.07, 6.45) is 6.39. The fourth-order valence-corrected chi connectivity index (χ4v) is 4.60. The first-order valence-electron chi connectivity index (χ1n) is 9.68. The van der Waals surface area contributed by atoms with Gasteiger partial charge in [0.15, 0.2) is 0 Å². The minimum Gasteiger partial charge on any atom is -0.384 e. The SMILES string of the molecule is Nc1cc(-c2cc3n(c(=O)c2)C[C@H]2C[C@@H]3CN(CCn3cccn3)C2)ncn1. The van der Waals surface area contributed by atoms with Crippen LogP contribution in [0.15, 0.2) is 47.8 Å². The molecule has 0 unspecified atom stereocenters. The Morgan fingerprint density at radius 3 is 2.86 bits per heavy atom. The van der Waals surface area contributed by atoms with E-state index in [-0.39, 0.29) is 5.56 Å². The maximum absolute atomic E-state index is 12.8. The molecule has 0 aromatic carbocycles. The van der Waals surface area contributed by atoms with E-state index in [1.54, 1.807) is 12.1 Å². The van der Waals surface area contributed by atoms with E-state index >= 15 is 0 Å². The lowest BCUT2D eigenvalue weighted by Crippen LogP contribution is -2.47. The standard InChI is InChI=1S/C20H23N7O/c21-19-9-17(22-13-23-19)15-7-18-16-6-14(11-27(18)20(28)8-15)10-25(12-16)4-5-26-3-1-2-24-26/h1-3,7-9,13-14,16H,4-6,10-12H2,(H2,21,22,23)/t14-,16+/m0/s1. The lowest BCUT2D eigenvalue weighted by Gasteiger charge is -2.43. The normalized spacial score (nSPS) is 21.4. The molecule has 8 nitrogen and oxygen atoms in total. The Labute approximate surface area is 162 Å². The van der Waals surface area contributed by atoms with Gasteiger partial charge in [0.05, 0.1) is 12.2 Å². The first-order chi connectivity index (χ1) is 13.7. The maximum Gasteiger partial charge on any atom is 0.251 e. The molecule has 2 aliphatic rings. The predicted molar refractivity (Wildman–Crippen MR) is 106 cm³/mol. The summed E-state index contributed by atoms with van der Waals surface area (Å²) in [6.45, 7) is 4.65. The topological polar surface area (TPSA) is 94.9 Å². The third-order valence-corrected chi connectivity index (χ3v) is 5.82. The van der Waals surface area contributed by atoms with Crippen LogP contribution < -0.4 is 11.3 Å². The van der Waals surface area contributed by atoms with E-state index in [9.17, 15) is 4.79 Å². The second-order valence-electron chi connectivity index (χ2n) is 7.77. The van der Waals surface area contributed by atoms with Gasteiger partial charge in [0.1, 0.15) is 12.1 Å². The largest absolute Gasteiger partial charge is 0.384 e. The Morgan fingerprint density at radius 2 is 2.04 bits per heavy atom. The Balaban J connectivity index is 1.42. The van der Waals surface area contributed by atoms with Crippen LogP contribution in [0.4, 0.5) is 5.82 Å². The van der Waals surface area contributed by atoms with Gasteiger partial charge in [0.2, 0.25) is 0 Å². The summed E-state index contributed by atoms with van der Waals surface area (Å²) in [5.74, 6) is 1.28. The second-order valence-corrected chi connectivity index (χ2v) is 7.77. The molecule has 2 N–H and O–H groups in total. The molecule has 2 atom stereocenters. The minimum absolute atomic E-state index is 0.0457. The van der Waals surface area contributed by atoms with Crippen molar-refractivity contribution >= 4 is 5.82 Å². The molecule has 1 saturated heterocycles. The molecule has 0 spiro atoms. The van der Waals surface area contributed by atoms with E-state index in [2.05, 4.69) is 26.0 Å². The van der Waals surface area contributed by atoms with Gasteiger partial charge in [0, 0.05) is 67.9 Å². The molecule has 3 aromatic rings. The highest BCUT2D eigenvalue weighted by atomic mass is 16.1. The summed E-state index contributed by atoms with van der Waals surface area (Å²) in [5.41, 5.74) is 8.47. The number of anilines is 1. The molecule has 0 saturated carbocycles. The van der Waals surface area contributed by atoms with Crippen molar-refractivity contribution in [1.82, 2.24) is 29.2 Å². The molecule has 1 fully saturated rings. The highest BCUT2D eigenvalue weighted by molar-refractivity contribution is 5.61. The molecule has 0 amide bonds. The van der Waals surface area contributed by atoms with Crippen LogP contribution in [0.3, 0.4) is 0 Å². The number of hydrogen-bond acceptors (Lipinski definition) is 6. The molecule has 5 rings (SSSR count). The van der Waals surface area contributed by atoms with E-state index in [0.717, 1.165) is 50.4 Å². The molecule has 0 radical (unpaired) electrons. The minimum atomic E-state index is 0.0457. The van der Waals surface area contributed by atoms with E-state index in [1.165, 1.54) is 6.33 Å². The molecule has 2 aliphatic heterocycles. The molecular formula is C20H23N7O. The summed E-state index contributed by atoms with van der Waals surface area (Å²) >= 11 is 0. The van der Waals surface area contributed by atoms with Crippen LogP contribution in [-0.4, -0.2) is 48.8 Å². The zero-order valence-electron chi connectivity index (χ0n) is 15.6. The van der Waals surface area contributed by atoms with Gasteiger partial charge in [-0.25, -0.2) is 9.97 Å².